The Morgan fingerprint density at radius 1 is 0.818 bits per heavy atom. The summed E-state index contributed by atoms with van der Waals surface area (Å²) in [5, 5.41) is 3.10. The van der Waals surface area contributed by atoms with E-state index in [0.717, 1.165) is 17.4 Å². The first-order valence-electron chi connectivity index (χ1n) is 6.94. The number of halogens is 1. The Labute approximate surface area is 138 Å². The van der Waals surface area contributed by atoms with Gasteiger partial charge in [-0.05, 0) is 0 Å². The number of hydrogen-bond acceptors (Lipinski definition) is 1. The fourth-order valence-electron chi connectivity index (χ4n) is 2.85. The standard InChI is InChI=1S/C19H11ClOSe/c20-17-9-4-6-12(16(17)11-21)14-7-3-8-15-13-5-1-2-10-18(13)22-19(14)15/h1-11H. The number of benzene rings is 3. The average molecular weight is 370 g/mol. The van der Waals surface area contributed by atoms with E-state index in [1.165, 1.54) is 19.3 Å². The Morgan fingerprint density at radius 2 is 1.55 bits per heavy atom. The van der Waals surface area contributed by atoms with Crippen LogP contribution in [0.1, 0.15) is 10.4 Å². The quantitative estimate of drug-likeness (QED) is 0.351. The monoisotopic (exact) mass is 370 g/mol. The van der Waals surface area contributed by atoms with Gasteiger partial charge in [0.2, 0.25) is 0 Å². The van der Waals surface area contributed by atoms with E-state index in [4.69, 9.17) is 11.6 Å². The molecule has 22 heavy (non-hydrogen) atoms. The number of carbonyl (C=O) groups is 1. The molecule has 4 rings (SSSR count). The van der Waals surface area contributed by atoms with Crippen molar-refractivity contribution in [1.82, 2.24) is 0 Å². The molecule has 1 aromatic heterocycles. The third-order valence-electron chi connectivity index (χ3n) is 3.87. The molecule has 0 unspecified atom stereocenters. The van der Waals surface area contributed by atoms with E-state index in [1.54, 1.807) is 6.07 Å². The summed E-state index contributed by atoms with van der Waals surface area (Å²) in [6, 6.07) is 20.5. The SMILES string of the molecule is O=Cc1c(Cl)cccc1-c1cccc2c1[se]c1ccccc12. The predicted molar refractivity (Wildman–Crippen MR) is 94.2 cm³/mol. The molecular weight excluding hydrogens is 359 g/mol. The first kappa shape index (κ1) is 13.8. The van der Waals surface area contributed by atoms with E-state index in [1.807, 2.05) is 12.1 Å². The Morgan fingerprint density at radius 3 is 2.41 bits per heavy atom. The fourth-order valence-corrected chi connectivity index (χ4v) is 5.65. The third-order valence-corrected chi connectivity index (χ3v) is 6.75. The molecule has 3 aromatic carbocycles. The number of hydrogen-bond donors (Lipinski definition) is 0. The minimum absolute atomic E-state index is 0.255. The normalized spacial score (nSPS) is 11.1. The summed E-state index contributed by atoms with van der Waals surface area (Å²) < 4.78 is 2.73. The van der Waals surface area contributed by atoms with E-state index in [0.29, 0.717) is 10.6 Å². The number of fused-ring (bicyclic) bond motifs is 3. The second-order valence-electron chi connectivity index (χ2n) is 5.10. The van der Waals surface area contributed by atoms with Gasteiger partial charge >= 0.3 is 139 Å². The molecular formula is C19H11ClOSe. The van der Waals surface area contributed by atoms with Gasteiger partial charge < -0.3 is 0 Å². The van der Waals surface area contributed by atoms with Crippen LogP contribution < -0.4 is 0 Å². The summed E-state index contributed by atoms with van der Waals surface area (Å²) in [6.45, 7) is 0. The first-order valence-corrected chi connectivity index (χ1v) is 9.03. The zero-order valence-electron chi connectivity index (χ0n) is 11.5. The van der Waals surface area contributed by atoms with Crippen LogP contribution in [0.15, 0.2) is 60.7 Å². The minimum atomic E-state index is 0.255. The van der Waals surface area contributed by atoms with Gasteiger partial charge in [0.15, 0.2) is 0 Å². The van der Waals surface area contributed by atoms with Crippen molar-refractivity contribution >= 4 is 51.7 Å². The molecule has 0 atom stereocenters. The van der Waals surface area contributed by atoms with Gasteiger partial charge in [0, 0.05) is 0 Å². The summed E-state index contributed by atoms with van der Waals surface area (Å²) in [4.78, 5) is 11.5. The maximum atomic E-state index is 11.5. The summed E-state index contributed by atoms with van der Waals surface area (Å²) >= 11 is 6.45. The molecule has 0 fully saturated rings. The van der Waals surface area contributed by atoms with Crippen LogP contribution in [0.2, 0.25) is 5.02 Å². The molecule has 1 nitrogen and oxygen atoms in total. The van der Waals surface area contributed by atoms with Gasteiger partial charge in [-0.15, -0.1) is 0 Å². The maximum absolute atomic E-state index is 11.5. The molecule has 0 saturated carbocycles. The van der Waals surface area contributed by atoms with Crippen LogP contribution in [0.3, 0.4) is 0 Å². The van der Waals surface area contributed by atoms with E-state index in [2.05, 4.69) is 42.5 Å². The van der Waals surface area contributed by atoms with Gasteiger partial charge in [-0.1, -0.05) is 0 Å². The van der Waals surface area contributed by atoms with Crippen LogP contribution in [0.4, 0.5) is 0 Å². The summed E-state index contributed by atoms with van der Waals surface area (Å²) in [7, 11) is 0. The van der Waals surface area contributed by atoms with Gasteiger partial charge in [-0.3, -0.25) is 0 Å². The van der Waals surface area contributed by atoms with Gasteiger partial charge in [0.05, 0.1) is 0 Å². The van der Waals surface area contributed by atoms with Crippen molar-refractivity contribution in [2.24, 2.45) is 0 Å². The summed E-state index contributed by atoms with van der Waals surface area (Å²) in [5.41, 5.74) is 2.62. The Hall–Kier alpha value is -1.86. The zero-order valence-corrected chi connectivity index (χ0v) is 14.0. The van der Waals surface area contributed by atoms with Gasteiger partial charge in [0.1, 0.15) is 0 Å². The second-order valence-corrected chi connectivity index (χ2v) is 7.71. The molecule has 0 radical (unpaired) electrons. The van der Waals surface area contributed by atoms with Gasteiger partial charge in [-0.25, -0.2) is 0 Å². The van der Waals surface area contributed by atoms with Crippen LogP contribution in [-0.2, 0) is 0 Å². The number of carbonyl (C=O) groups excluding carboxylic acids is 1. The molecule has 0 N–H and O–H groups in total. The van der Waals surface area contributed by atoms with Crippen molar-refractivity contribution in [3.8, 4) is 11.1 Å². The van der Waals surface area contributed by atoms with Crippen molar-refractivity contribution in [3.05, 3.63) is 71.2 Å². The Balaban J connectivity index is 2.12. The summed E-state index contributed by atoms with van der Waals surface area (Å²) in [6.07, 6.45) is 0.853. The van der Waals surface area contributed by atoms with E-state index in [9.17, 15) is 4.79 Å². The van der Waals surface area contributed by atoms with Crippen LogP contribution in [0.25, 0.3) is 30.4 Å². The van der Waals surface area contributed by atoms with Crippen LogP contribution in [0.5, 0.6) is 0 Å². The zero-order chi connectivity index (χ0) is 15.1. The van der Waals surface area contributed by atoms with Crippen molar-refractivity contribution < 1.29 is 4.79 Å². The molecule has 0 saturated heterocycles. The molecule has 3 heteroatoms. The summed E-state index contributed by atoms with van der Waals surface area (Å²) in [5.74, 6) is 0. The third kappa shape index (κ3) is 2.04. The number of rotatable bonds is 2. The molecule has 1 heterocycles. The van der Waals surface area contributed by atoms with Crippen molar-refractivity contribution in [1.29, 1.82) is 0 Å². The van der Waals surface area contributed by atoms with Crippen molar-refractivity contribution in [2.45, 2.75) is 0 Å². The number of aldehydes is 1. The van der Waals surface area contributed by atoms with E-state index < -0.39 is 0 Å². The average Bonchev–Trinajstić information content (AvgIpc) is 2.93. The topological polar surface area (TPSA) is 17.1 Å². The Kier molecular flexibility index (Phi) is 3.38. The van der Waals surface area contributed by atoms with E-state index >= 15 is 0 Å². The molecule has 4 aromatic rings. The molecule has 0 aliphatic rings. The molecule has 0 spiro atoms. The molecule has 0 bridgehead atoms. The predicted octanol–water partition coefficient (Wildman–Crippen LogP) is 5.18. The van der Waals surface area contributed by atoms with Crippen LogP contribution in [0, 0.1) is 0 Å². The first-order chi connectivity index (χ1) is 10.8. The van der Waals surface area contributed by atoms with Crippen molar-refractivity contribution in [2.75, 3.05) is 0 Å². The molecule has 0 amide bonds. The fraction of sp³-hybridized carbons (Fsp3) is 0. The molecule has 0 aliphatic heterocycles. The van der Waals surface area contributed by atoms with Crippen molar-refractivity contribution in [3.63, 3.8) is 0 Å². The van der Waals surface area contributed by atoms with Gasteiger partial charge in [-0.2, -0.15) is 0 Å². The Bertz CT molecular complexity index is 1020. The van der Waals surface area contributed by atoms with Gasteiger partial charge in [0.25, 0.3) is 0 Å². The molecule has 0 aliphatic carbocycles. The van der Waals surface area contributed by atoms with Crippen LogP contribution >= 0.6 is 11.6 Å². The van der Waals surface area contributed by atoms with Crippen LogP contribution in [-0.4, -0.2) is 20.8 Å². The second kappa shape index (κ2) is 5.40. The molecule has 106 valence electrons. The van der Waals surface area contributed by atoms with E-state index in [-0.39, 0.29) is 14.5 Å².